The number of nitrogens with zero attached hydrogens (tertiary/aromatic N) is 1. The molecule has 1 heterocycles. The number of carbonyl (C=O) groups excluding carboxylic acids is 2. The van der Waals surface area contributed by atoms with E-state index in [1.807, 2.05) is 12.1 Å². The van der Waals surface area contributed by atoms with Crippen molar-refractivity contribution in [3.8, 4) is 23.0 Å². The quantitative estimate of drug-likeness (QED) is 0.288. The van der Waals surface area contributed by atoms with E-state index in [9.17, 15) is 9.59 Å². The Balaban J connectivity index is 1.27. The number of methoxy groups -OCH3 is 2. The molecule has 0 bridgehead atoms. The van der Waals surface area contributed by atoms with E-state index in [1.54, 1.807) is 93.1 Å². The smallest absolute Gasteiger partial charge is 0.255 e. The summed E-state index contributed by atoms with van der Waals surface area (Å²) in [6.07, 6.45) is 0. The molecule has 4 aromatic carbocycles. The molecular formula is C29H23N3O5. The van der Waals surface area contributed by atoms with Gasteiger partial charge in [0.05, 0.1) is 14.2 Å². The third-order valence-electron chi connectivity index (χ3n) is 5.74. The van der Waals surface area contributed by atoms with Gasteiger partial charge in [-0.05, 0) is 91.0 Å². The number of amides is 2. The molecule has 0 saturated heterocycles. The number of nitrogens with one attached hydrogen (secondary N) is 2. The summed E-state index contributed by atoms with van der Waals surface area (Å²) in [5, 5.41) is 5.74. The lowest BCUT2D eigenvalue weighted by molar-refractivity contribution is 0.101. The fraction of sp³-hybridized carbons (Fsp3) is 0.0690. The number of carbonyl (C=O) groups is 2. The topological polar surface area (TPSA) is 103 Å². The molecule has 8 nitrogen and oxygen atoms in total. The predicted octanol–water partition coefficient (Wildman–Crippen LogP) is 6.02. The molecule has 37 heavy (non-hydrogen) atoms. The monoisotopic (exact) mass is 493 g/mol. The van der Waals surface area contributed by atoms with Gasteiger partial charge in [-0.25, -0.2) is 4.98 Å². The molecule has 0 saturated carbocycles. The first-order valence-corrected chi connectivity index (χ1v) is 11.4. The van der Waals surface area contributed by atoms with Gasteiger partial charge in [-0.15, -0.1) is 0 Å². The maximum absolute atomic E-state index is 12.6. The van der Waals surface area contributed by atoms with E-state index in [-0.39, 0.29) is 11.8 Å². The van der Waals surface area contributed by atoms with Crippen LogP contribution in [0.4, 0.5) is 11.4 Å². The lowest BCUT2D eigenvalue weighted by Gasteiger charge is -2.06. The zero-order valence-electron chi connectivity index (χ0n) is 20.1. The average molecular weight is 494 g/mol. The van der Waals surface area contributed by atoms with Gasteiger partial charge >= 0.3 is 0 Å². The molecule has 0 atom stereocenters. The van der Waals surface area contributed by atoms with Crippen LogP contribution in [0.5, 0.6) is 11.5 Å². The number of benzene rings is 4. The first-order chi connectivity index (χ1) is 18.0. The zero-order valence-corrected chi connectivity index (χ0v) is 20.1. The van der Waals surface area contributed by atoms with Gasteiger partial charge in [0.25, 0.3) is 11.8 Å². The van der Waals surface area contributed by atoms with Crippen LogP contribution in [0.15, 0.2) is 95.4 Å². The Kier molecular flexibility index (Phi) is 6.54. The van der Waals surface area contributed by atoms with Crippen LogP contribution in [0.25, 0.3) is 22.6 Å². The van der Waals surface area contributed by atoms with Crippen molar-refractivity contribution in [2.24, 2.45) is 0 Å². The van der Waals surface area contributed by atoms with E-state index in [4.69, 9.17) is 13.9 Å². The molecule has 1 aromatic heterocycles. The first-order valence-electron chi connectivity index (χ1n) is 11.4. The molecule has 0 radical (unpaired) electrons. The number of fused-ring (bicyclic) bond motifs is 1. The van der Waals surface area contributed by atoms with Gasteiger partial charge in [0.2, 0.25) is 5.89 Å². The van der Waals surface area contributed by atoms with Gasteiger partial charge in [0, 0.05) is 28.1 Å². The average Bonchev–Trinajstić information content (AvgIpc) is 3.37. The molecule has 0 aliphatic heterocycles. The molecule has 0 spiro atoms. The molecule has 184 valence electrons. The van der Waals surface area contributed by atoms with Crippen LogP contribution in [0.1, 0.15) is 20.7 Å². The summed E-state index contributed by atoms with van der Waals surface area (Å²) >= 11 is 0. The summed E-state index contributed by atoms with van der Waals surface area (Å²) in [5.74, 6) is 1.34. The first kappa shape index (κ1) is 23.6. The predicted molar refractivity (Wildman–Crippen MR) is 141 cm³/mol. The van der Waals surface area contributed by atoms with Crippen molar-refractivity contribution in [2.75, 3.05) is 24.9 Å². The largest absolute Gasteiger partial charge is 0.497 e. The molecular weight excluding hydrogens is 470 g/mol. The molecule has 5 rings (SSSR count). The SMILES string of the molecule is COc1ccc(C(=O)Nc2ccc(-c3nc4cc(NC(=O)c5ccc(OC)cc5)ccc4o3)cc2)cc1. The molecule has 0 aliphatic carbocycles. The maximum atomic E-state index is 12.6. The number of rotatable bonds is 7. The van der Waals surface area contributed by atoms with E-state index in [1.165, 1.54) is 0 Å². The summed E-state index contributed by atoms with van der Waals surface area (Å²) in [4.78, 5) is 29.6. The highest BCUT2D eigenvalue weighted by atomic mass is 16.5. The van der Waals surface area contributed by atoms with Crippen molar-refractivity contribution in [3.05, 3.63) is 102 Å². The Morgan fingerprint density at radius 2 is 1.19 bits per heavy atom. The van der Waals surface area contributed by atoms with Crippen LogP contribution in [0, 0.1) is 0 Å². The Morgan fingerprint density at radius 1 is 0.676 bits per heavy atom. The van der Waals surface area contributed by atoms with Gasteiger partial charge in [0.15, 0.2) is 5.58 Å². The molecule has 2 amide bonds. The highest BCUT2D eigenvalue weighted by Crippen LogP contribution is 2.27. The summed E-state index contributed by atoms with van der Waals surface area (Å²) in [6, 6.07) is 26.2. The highest BCUT2D eigenvalue weighted by Gasteiger charge is 2.12. The van der Waals surface area contributed by atoms with Crippen molar-refractivity contribution in [1.82, 2.24) is 4.98 Å². The van der Waals surface area contributed by atoms with Crippen molar-refractivity contribution < 1.29 is 23.5 Å². The maximum Gasteiger partial charge on any atom is 0.255 e. The number of oxazole rings is 1. The third-order valence-corrected chi connectivity index (χ3v) is 5.74. The van der Waals surface area contributed by atoms with Gasteiger partial charge in [-0.2, -0.15) is 0 Å². The second-order valence-electron chi connectivity index (χ2n) is 8.14. The minimum absolute atomic E-state index is 0.221. The Morgan fingerprint density at radius 3 is 1.73 bits per heavy atom. The second-order valence-corrected chi connectivity index (χ2v) is 8.14. The van der Waals surface area contributed by atoms with Crippen LogP contribution in [0.2, 0.25) is 0 Å². The van der Waals surface area contributed by atoms with Crippen molar-refractivity contribution >= 4 is 34.3 Å². The Labute approximate surface area is 212 Å². The molecule has 5 aromatic rings. The van der Waals surface area contributed by atoms with Crippen molar-refractivity contribution in [3.63, 3.8) is 0 Å². The molecule has 0 fully saturated rings. The number of aromatic nitrogens is 1. The summed E-state index contributed by atoms with van der Waals surface area (Å²) in [7, 11) is 3.15. The lowest BCUT2D eigenvalue weighted by Crippen LogP contribution is -2.11. The second kappa shape index (κ2) is 10.2. The molecule has 8 heteroatoms. The van der Waals surface area contributed by atoms with Crippen LogP contribution >= 0.6 is 0 Å². The third kappa shape index (κ3) is 5.28. The summed E-state index contributed by atoms with van der Waals surface area (Å²) < 4.78 is 16.2. The molecule has 0 unspecified atom stereocenters. The van der Waals surface area contributed by atoms with Crippen LogP contribution in [-0.4, -0.2) is 31.0 Å². The zero-order chi connectivity index (χ0) is 25.8. The molecule has 0 aliphatic rings. The van der Waals surface area contributed by atoms with E-state index in [0.717, 1.165) is 5.56 Å². The standard InChI is InChI=1S/C29H23N3O5/c1-35-23-12-5-18(6-13-23)27(33)30-21-9-3-20(4-10-21)29-32-25-17-22(11-16-26(25)37-29)31-28(34)19-7-14-24(36-2)15-8-19/h3-17H,1-2H3,(H,30,33)(H,31,34). The summed E-state index contributed by atoms with van der Waals surface area (Å²) in [6.45, 7) is 0. The Hall–Kier alpha value is -5.11. The minimum Gasteiger partial charge on any atom is -0.497 e. The van der Waals surface area contributed by atoms with Gasteiger partial charge in [-0.1, -0.05) is 0 Å². The van der Waals surface area contributed by atoms with E-state index in [2.05, 4.69) is 15.6 Å². The molecule has 2 N–H and O–H groups in total. The normalized spacial score (nSPS) is 10.6. The van der Waals surface area contributed by atoms with Crippen LogP contribution < -0.4 is 20.1 Å². The lowest BCUT2D eigenvalue weighted by atomic mass is 10.1. The Bertz CT molecular complexity index is 1560. The van der Waals surface area contributed by atoms with Gasteiger partial charge < -0.3 is 24.5 Å². The fourth-order valence-corrected chi connectivity index (χ4v) is 3.72. The fourth-order valence-electron chi connectivity index (χ4n) is 3.72. The van der Waals surface area contributed by atoms with Crippen LogP contribution in [-0.2, 0) is 0 Å². The van der Waals surface area contributed by atoms with E-state index in [0.29, 0.717) is 51.0 Å². The van der Waals surface area contributed by atoms with E-state index < -0.39 is 0 Å². The van der Waals surface area contributed by atoms with Gasteiger partial charge in [-0.3, -0.25) is 9.59 Å². The number of anilines is 2. The number of ether oxygens (including phenoxy) is 2. The number of hydrogen-bond acceptors (Lipinski definition) is 6. The minimum atomic E-state index is -0.238. The van der Waals surface area contributed by atoms with Crippen molar-refractivity contribution in [2.45, 2.75) is 0 Å². The van der Waals surface area contributed by atoms with Gasteiger partial charge in [0.1, 0.15) is 17.0 Å². The summed E-state index contributed by atoms with van der Waals surface area (Å²) in [5.41, 5.74) is 4.24. The number of hydrogen-bond donors (Lipinski definition) is 2. The van der Waals surface area contributed by atoms with Crippen LogP contribution in [0.3, 0.4) is 0 Å². The van der Waals surface area contributed by atoms with E-state index >= 15 is 0 Å². The highest BCUT2D eigenvalue weighted by molar-refractivity contribution is 6.05. The van der Waals surface area contributed by atoms with Crippen molar-refractivity contribution in [1.29, 1.82) is 0 Å².